The van der Waals surface area contributed by atoms with E-state index in [0.717, 1.165) is 65.3 Å². The smallest absolute Gasteiger partial charge is 0.407 e. The maximum Gasteiger partial charge on any atom is 0.407 e. The molecule has 0 radical (unpaired) electrons. The highest BCUT2D eigenvalue weighted by Crippen LogP contribution is 2.42. The number of aromatic nitrogens is 1. The van der Waals surface area contributed by atoms with E-state index in [9.17, 15) is 59.4 Å². The molecule has 3 aliphatic heterocycles. The summed E-state index contributed by atoms with van der Waals surface area (Å²) >= 11 is 0. The lowest BCUT2D eigenvalue weighted by Gasteiger charge is -2.48. The average Bonchev–Trinajstić information content (AvgIpc) is 3.61. The molecule has 28 heteroatoms. The van der Waals surface area contributed by atoms with Gasteiger partial charge in [0.25, 0.3) is 5.91 Å². The maximum absolute atomic E-state index is 16.0. The second-order valence-electron chi connectivity index (χ2n) is 20.5. The third kappa shape index (κ3) is 14.7. The van der Waals surface area contributed by atoms with Gasteiger partial charge in [0.1, 0.15) is 29.5 Å². The summed E-state index contributed by atoms with van der Waals surface area (Å²) in [6, 6.07) is 5.83. The van der Waals surface area contributed by atoms with E-state index in [2.05, 4.69) is 29.6 Å². The largest absolute Gasteiger partial charge is 0.453 e. The average molecular weight is 1130 g/mol. The summed E-state index contributed by atoms with van der Waals surface area (Å²) in [5.74, 6) is -5.31. The quantitative estimate of drug-likeness (QED) is 0.0302. The van der Waals surface area contributed by atoms with Gasteiger partial charge in [-0.05, 0) is 88.4 Å². The van der Waals surface area contributed by atoms with Crippen molar-refractivity contribution in [1.29, 1.82) is 0 Å². The Labute approximate surface area is 448 Å². The number of halogens is 10. The number of hydrazine groups is 1. The number of anilines is 1. The van der Waals surface area contributed by atoms with Crippen LogP contribution in [0.4, 0.5) is 59.3 Å². The second kappa shape index (κ2) is 25.1. The van der Waals surface area contributed by atoms with E-state index in [1.165, 1.54) is 0 Å². The van der Waals surface area contributed by atoms with Gasteiger partial charge in [0.05, 0.1) is 56.5 Å². The Bertz CT molecular complexity index is 2660. The molecule has 3 fully saturated rings. The molecule has 3 aromatic rings. The summed E-state index contributed by atoms with van der Waals surface area (Å²) in [4.78, 5) is 65.2. The number of alkyl carbamates (subject to hydrolysis) is 2. The van der Waals surface area contributed by atoms with Gasteiger partial charge in [-0.15, -0.1) is 0 Å². The summed E-state index contributed by atoms with van der Waals surface area (Å²) in [6.45, 7) is -0.0821. The van der Waals surface area contributed by atoms with E-state index < -0.39 is 126 Å². The molecule has 0 spiro atoms. The normalized spacial score (nSPS) is 19.2. The number of aliphatic hydroxyl groups is 1. The second-order valence-corrected chi connectivity index (χ2v) is 20.5. The molecule has 1 aromatic heterocycles. The number of nitrogens with zero attached hydrogens (tertiary/aromatic N) is 5. The summed E-state index contributed by atoms with van der Waals surface area (Å²) < 4.78 is 159. The number of fused-ring (bicyclic) bond motifs is 2. The summed E-state index contributed by atoms with van der Waals surface area (Å²) in [6.07, 6.45) is -10.8. The zero-order chi connectivity index (χ0) is 58.4. The molecule has 0 aliphatic carbocycles. The van der Waals surface area contributed by atoms with Gasteiger partial charge in [-0.2, -0.15) is 35.1 Å². The lowest BCUT2D eigenvalue weighted by Crippen LogP contribution is -2.63. The van der Waals surface area contributed by atoms with Crippen molar-refractivity contribution in [2.45, 2.75) is 115 Å². The van der Waals surface area contributed by atoms with Crippen molar-refractivity contribution in [2.75, 3.05) is 52.0 Å². The van der Waals surface area contributed by atoms with E-state index >= 15 is 8.78 Å². The number of allylic oxidation sites excluding steroid dienone is 1. The molecular formula is C51H62F10N10O8. The molecule has 6 rings (SSSR count). The number of methoxy groups -OCH3 is 2. The molecule has 2 bridgehead atoms. The third-order valence-corrected chi connectivity index (χ3v) is 14.5. The van der Waals surface area contributed by atoms with Crippen LogP contribution in [0.1, 0.15) is 57.2 Å². The van der Waals surface area contributed by atoms with Crippen molar-refractivity contribution in [3.05, 3.63) is 89.1 Å². The summed E-state index contributed by atoms with van der Waals surface area (Å²) in [5.41, 5.74) is 1.54. The number of alkyl halides is 8. The van der Waals surface area contributed by atoms with Gasteiger partial charge in [0, 0.05) is 73.1 Å². The highest BCUT2D eigenvalue weighted by atomic mass is 19.4. The molecule has 434 valence electrons. The highest BCUT2D eigenvalue weighted by molar-refractivity contribution is 5.87. The van der Waals surface area contributed by atoms with Gasteiger partial charge in [-0.25, -0.2) is 33.4 Å². The molecule has 79 heavy (non-hydrogen) atoms. The van der Waals surface area contributed by atoms with Crippen molar-refractivity contribution in [3.63, 3.8) is 0 Å². The molecule has 18 nitrogen and oxygen atoms in total. The van der Waals surface area contributed by atoms with Crippen LogP contribution in [0.15, 0.2) is 65.8 Å². The lowest BCUT2D eigenvalue weighted by molar-refractivity contribution is -0.221. The number of nitrogens with one attached hydrogen (secondary N) is 4. The number of carbonyl (C=O) groups is 4. The number of aliphatic hydroxyl groups excluding tert-OH is 1. The number of ether oxygens (including phenoxy) is 3. The number of carbonyl (C=O) groups excluding carboxylic acids is 4. The lowest BCUT2D eigenvalue weighted by atomic mass is 9.82. The summed E-state index contributed by atoms with van der Waals surface area (Å²) in [7, 11) is 1.61. The van der Waals surface area contributed by atoms with Gasteiger partial charge < -0.3 is 45.9 Å². The number of hydrogen-bond donors (Lipinski definition) is 6. The van der Waals surface area contributed by atoms with E-state index in [-0.39, 0.29) is 0 Å². The fourth-order valence-corrected chi connectivity index (χ4v) is 9.44. The zero-order valence-corrected chi connectivity index (χ0v) is 43.7. The minimum absolute atomic E-state index is 0.303. The first-order valence-electron chi connectivity index (χ1n) is 24.7. The van der Waals surface area contributed by atoms with E-state index in [1.54, 1.807) is 35.8 Å². The van der Waals surface area contributed by atoms with Crippen molar-refractivity contribution in [2.24, 2.45) is 21.6 Å². The van der Waals surface area contributed by atoms with Crippen LogP contribution in [0, 0.1) is 22.5 Å². The Balaban J connectivity index is 1.34. The van der Waals surface area contributed by atoms with Crippen molar-refractivity contribution >= 4 is 41.7 Å². The van der Waals surface area contributed by atoms with Crippen LogP contribution in [0.5, 0.6) is 0 Å². The number of nitrogens with two attached hydrogens (primary N) is 1. The molecule has 3 saturated heterocycles. The Morgan fingerprint density at radius 1 is 0.823 bits per heavy atom. The number of hydrogen-bond acceptors (Lipinski definition) is 14. The maximum atomic E-state index is 16.0. The Hall–Kier alpha value is -6.78. The molecule has 4 heterocycles. The number of aliphatic imine (C=N–C) groups is 1. The van der Waals surface area contributed by atoms with Crippen LogP contribution < -0.4 is 32.0 Å². The fraction of sp³-hybridized carbons (Fsp3) is 0.529. The highest BCUT2D eigenvalue weighted by Gasteiger charge is 2.57. The van der Waals surface area contributed by atoms with Gasteiger partial charge in [0.15, 0.2) is 0 Å². The minimum Gasteiger partial charge on any atom is -0.453 e. The van der Waals surface area contributed by atoms with Crippen LogP contribution in [-0.2, 0) is 36.8 Å². The van der Waals surface area contributed by atoms with E-state index in [1.807, 2.05) is 22.9 Å². The minimum atomic E-state index is -5.23. The molecule has 7 N–H and O–H groups in total. The number of benzene rings is 2. The van der Waals surface area contributed by atoms with Gasteiger partial charge >= 0.3 is 31.1 Å². The zero-order valence-electron chi connectivity index (χ0n) is 43.7. The van der Waals surface area contributed by atoms with Crippen LogP contribution in [0.3, 0.4) is 0 Å². The topological polar surface area (TPSA) is 225 Å². The van der Waals surface area contributed by atoms with Gasteiger partial charge in [0.2, 0.25) is 5.91 Å². The molecule has 0 saturated carbocycles. The van der Waals surface area contributed by atoms with Crippen LogP contribution >= 0.6 is 0 Å². The van der Waals surface area contributed by atoms with Crippen LogP contribution in [0.2, 0.25) is 0 Å². The van der Waals surface area contributed by atoms with Crippen molar-refractivity contribution < 1.29 is 82.4 Å². The van der Waals surface area contributed by atoms with Crippen LogP contribution in [0.25, 0.3) is 16.8 Å². The molecule has 6 atom stereocenters. The van der Waals surface area contributed by atoms with Crippen LogP contribution in [-0.4, -0.2) is 159 Å². The van der Waals surface area contributed by atoms with E-state index in [0.29, 0.717) is 85.9 Å². The predicted molar refractivity (Wildman–Crippen MR) is 267 cm³/mol. The monoisotopic (exact) mass is 1130 g/mol. The SMILES string of the molecule is COC(=O)NC(C(=O)N[C@@H](Cc1ccc(-c2ccc(N3CC4CCC(C3)N4C3COC3)nc2)cc1)[C@@H](O)CN(Cc1c(F)cc(C(N)=CC=NC(F)F)cc1F)NC(=O)[C@@H](NC(=O)OC)C(C)(C)C(F)(F)F)C(C)(C)C(F)(F)F. The molecule has 3 aliphatic rings. The molecule has 2 aromatic carbocycles. The standard InChI is InChI=1S/C51H62F10N10O8/c1-48(2,50(56,57)58)41(66-46(75)77-5)43(73)65-38(17-27-7-9-28(10-8-27)29-11-14-40(64-20-29)69-21-31-12-13-32(22-69)71(31)33-25-79-26-33)39(72)24-70(68-44(74)42(67-47(76)78-6)49(3,4)51(59,60)61)23-34-35(52)18-30(19-36(34)53)37(62)15-16-63-45(54)55/h7-11,14-16,18-20,31-33,38-39,41-42,45,72H,12-13,17,21-26,62H2,1-6H3,(H,65,73)(H,66,75)(H,67,76)(H,68,74)/t31?,32?,38-,39-,41?,42+/m0/s1. The number of rotatable bonds is 21. The van der Waals surface area contributed by atoms with Crippen molar-refractivity contribution in [3.8, 4) is 11.1 Å². The molecule has 3 unspecified atom stereocenters. The van der Waals surface area contributed by atoms with Gasteiger partial charge in [-0.1, -0.05) is 24.3 Å². The van der Waals surface area contributed by atoms with Crippen molar-refractivity contribution in [1.82, 2.24) is 36.3 Å². The number of amides is 4. The Morgan fingerprint density at radius 2 is 1.35 bits per heavy atom. The Morgan fingerprint density at radius 3 is 1.82 bits per heavy atom. The number of piperazine rings is 1. The first-order chi connectivity index (χ1) is 36.9. The first kappa shape index (κ1) is 61.4. The van der Waals surface area contributed by atoms with Gasteiger partial charge in [-0.3, -0.25) is 19.9 Å². The predicted octanol–water partition coefficient (Wildman–Crippen LogP) is 6.22. The number of pyridine rings is 1. The fourth-order valence-electron chi connectivity index (χ4n) is 9.44. The molecule has 4 amide bonds. The summed E-state index contributed by atoms with van der Waals surface area (Å²) in [5, 5.41) is 18.5. The Kier molecular flexibility index (Phi) is 19.5. The van der Waals surface area contributed by atoms with E-state index in [4.69, 9.17) is 15.5 Å². The first-order valence-corrected chi connectivity index (χ1v) is 24.7. The molecular weight excluding hydrogens is 1070 g/mol. The third-order valence-electron chi connectivity index (χ3n) is 14.5.